The monoisotopic (exact) mass is 457 g/mol. The van der Waals surface area contributed by atoms with Gasteiger partial charge in [0.2, 0.25) is 0 Å². The molecule has 2 aromatic rings. The minimum atomic E-state index is 0. The van der Waals surface area contributed by atoms with Gasteiger partial charge >= 0.3 is 0 Å². The summed E-state index contributed by atoms with van der Waals surface area (Å²) in [7, 11) is 0. The van der Waals surface area contributed by atoms with E-state index < -0.39 is 0 Å². The van der Waals surface area contributed by atoms with E-state index in [-0.39, 0.29) is 24.1 Å². The molecule has 3 rings (SSSR count). The molecule has 1 fully saturated rings. The van der Waals surface area contributed by atoms with Gasteiger partial charge in [0.25, 0.3) is 0 Å². The van der Waals surface area contributed by atoms with Gasteiger partial charge in [-0.15, -0.1) is 29.2 Å². The molecule has 1 aromatic heterocycles. The lowest BCUT2D eigenvalue weighted by atomic mass is 9.90. The second-order valence-electron chi connectivity index (χ2n) is 10.6. The van der Waals surface area contributed by atoms with Gasteiger partial charge in [-0.2, -0.15) is 0 Å². The standard InChI is InChI=1S/C27H39N3O.ClH/c1-7-9-22(18-24(31)17-21-12-11-19(2)16-20(21)3)26-29-28-25(30(26)23-13-14-23)10-8-15-27(4,5)6;/h7,11-12,16,22-23H,1,8-10,13-15,17-18H2,2-6H3;1H/t22-;/m1./s1. The largest absolute Gasteiger partial charge is 0.312 e. The Morgan fingerprint density at radius 3 is 2.56 bits per heavy atom. The van der Waals surface area contributed by atoms with Crippen molar-refractivity contribution in [1.82, 2.24) is 14.8 Å². The van der Waals surface area contributed by atoms with E-state index in [1.165, 1.54) is 30.4 Å². The third kappa shape index (κ3) is 7.30. The van der Waals surface area contributed by atoms with Crippen LogP contribution in [0.25, 0.3) is 0 Å². The fraction of sp³-hybridized carbons (Fsp3) is 0.593. The lowest BCUT2D eigenvalue weighted by Gasteiger charge is -2.19. The van der Waals surface area contributed by atoms with Crippen LogP contribution in [0.2, 0.25) is 0 Å². The maximum absolute atomic E-state index is 13.0. The predicted octanol–water partition coefficient (Wildman–Crippen LogP) is 6.88. The average molecular weight is 458 g/mol. The molecule has 4 nitrogen and oxygen atoms in total. The molecule has 1 aromatic carbocycles. The fourth-order valence-corrected chi connectivity index (χ4v) is 4.38. The quantitative estimate of drug-likeness (QED) is 0.345. The molecule has 176 valence electrons. The molecular weight excluding hydrogens is 418 g/mol. The Morgan fingerprint density at radius 2 is 1.97 bits per heavy atom. The number of hydrogen-bond donors (Lipinski definition) is 0. The zero-order chi connectivity index (χ0) is 22.6. The lowest BCUT2D eigenvalue weighted by molar-refractivity contribution is -0.118. The minimum Gasteiger partial charge on any atom is -0.312 e. The van der Waals surface area contributed by atoms with Crippen LogP contribution < -0.4 is 0 Å². The van der Waals surface area contributed by atoms with Crippen LogP contribution in [-0.4, -0.2) is 20.5 Å². The Labute approximate surface area is 200 Å². The molecule has 0 N–H and O–H groups in total. The summed E-state index contributed by atoms with van der Waals surface area (Å²) in [5, 5.41) is 9.20. The number of allylic oxidation sites excluding steroid dienone is 1. The minimum absolute atomic E-state index is 0. The Balaban J connectivity index is 0.00000363. The van der Waals surface area contributed by atoms with Gasteiger partial charge < -0.3 is 4.57 Å². The molecule has 1 aliphatic carbocycles. The molecule has 1 atom stereocenters. The van der Waals surface area contributed by atoms with Crippen LogP contribution in [0.5, 0.6) is 0 Å². The van der Waals surface area contributed by atoms with Crippen LogP contribution in [-0.2, 0) is 17.6 Å². The first kappa shape index (κ1) is 26.3. The Kier molecular flexibility index (Phi) is 9.27. The smallest absolute Gasteiger partial charge is 0.138 e. The summed E-state index contributed by atoms with van der Waals surface area (Å²) in [6.07, 6.45) is 9.27. The maximum atomic E-state index is 13.0. The van der Waals surface area contributed by atoms with E-state index in [1.54, 1.807) is 0 Å². The molecule has 1 heterocycles. The first-order chi connectivity index (χ1) is 14.7. The number of Topliss-reactive ketones (excluding diaryl/α,β-unsaturated/α-hetero) is 1. The number of nitrogens with zero attached hydrogens (tertiary/aromatic N) is 3. The van der Waals surface area contributed by atoms with Gasteiger partial charge in [-0.05, 0) is 62.5 Å². The van der Waals surface area contributed by atoms with Crippen molar-refractivity contribution in [2.75, 3.05) is 0 Å². The summed E-state index contributed by atoms with van der Waals surface area (Å²) < 4.78 is 2.36. The van der Waals surface area contributed by atoms with Crippen LogP contribution >= 0.6 is 12.4 Å². The van der Waals surface area contributed by atoms with Crippen LogP contribution in [0, 0.1) is 19.3 Å². The molecule has 0 radical (unpaired) electrons. The Morgan fingerprint density at radius 1 is 1.25 bits per heavy atom. The van der Waals surface area contributed by atoms with Crippen molar-refractivity contribution in [1.29, 1.82) is 0 Å². The van der Waals surface area contributed by atoms with E-state index in [0.29, 0.717) is 24.3 Å². The number of aromatic nitrogens is 3. The van der Waals surface area contributed by atoms with Crippen molar-refractivity contribution < 1.29 is 4.79 Å². The summed E-state index contributed by atoms with van der Waals surface area (Å²) in [5.41, 5.74) is 3.88. The second kappa shape index (κ2) is 11.3. The number of benzene rings is 1. The van der Waals surface area contributed by atoms with Gasteiger partial charge in [0.1, 0.15) is 17.4 Å². The highest BCUT2D eigenvalue weighted by Gasteiger charge is 2.32. The number of carbonyl (C=O) groups excluding carboxylic acids is 1. The number of ketones is 1. The van der Waals surface area contributed by atoms with Gasteiger partial charge in [-0.1, -0.05) is 50.6 Å². The fourth-order valence-electron chi connectivity index (χ4n) is 4.38. The highest BCUT2D eigenvalue weighted by Crippen LogP contribution is 2.39. The van der Waals surface area contributed by atoms with E-state index in [0.717, 1.165) is 36.5 Å². The van der Waals surface area contributed by atoms with Crippen molar-refractivity contribution in [3.63, 3.8) is 0 Å². The molecule has 0 aliphatic heterocycles. The molecule has 32 heavy (non-hydrogen) atoms. The summed E-state index contributed by atoms with van der Waals surface area (Å²) in [6, 6.07) is 6.84. The third-order valence-electron chi connectivity index (χ3n) is 6.21. The van der Waals surface area contributed by atoms with Crippen molar-refractivity contribution in [3.05, 3.63) is 59.2 Å². The van der Waals surface area contributed by atoms with Gasteiger partial charge in [0.15, 0.2) is 0 Å². The third-order valence-corrected chi connectivity index (χ3v) is 6.21. The Bertz CT molecular complexity index is 921. The number of hydrogen-bond acceptors (Lipinski definition) is 3. The molecule has 0 amide bonds. The molecule has 1 saturated carbocycles. The van der Waals surface area contributed by atoms with Gasteiger partial charge in [0, 0.05) is 31.2 Å². The molecule has 5 heteroatoms. The predicted molar refractivity (Wildman–Crippen MR) is 135 cm³/mol. The van der Waals surface area contributed by atoms with Crippen LogP contribution in [0.15, 0.2) is 30.9 Å². The SMILES string of the molecule is C=CC[C@H](CC(=O)Cc1ccc(C)cc1C)c1nnc(CCCC(C)(C)C)n1C1CC1.Cl. The Hall–Kier alpha value is -1.94. The molecule has 0 unspecified atom stereocenters. The average Bonchev–Trinajstić information content (AvgIpc) is 3.42. The number of rotatable bonds is 11. The lowest BCUT2D eigenvalue weighted by Crippen LogP contribution is -2.15. The van der Waals surface area contributed by atoms with E-state index in [2.05, 4.69) is 74.2 Å². The van der Waals surface area contributed by atoms with Crippen LogP contribution in [0.3, 0.4) is 0 Å². The maximum Gasteiger partial charge on any atom is 0.138 e. The van der Waals surface area contributed by atoms with Crippen molar-refractivity contribution in [2.45, 2.75) is 97.9 Å². The molecule has 0 bridgehead atoms. The number of halogens is 1. The van der Waals surface area contributed by atoms with Gasteiger partial charge in [-0.25, -0.2) is 0 Å². The molecular formula is C27H40ClN3O. The van der Waals surface area contributed by atoms with Gasteiger partial charge in [0.05, 0.1) is 0 Å². The summed E-state index contributed by atoms with van der Waals surface area (Å²) in [5.74, 6) is 2.40. The van der Waals surface area contributed by atoms with Crippen molar-refractivity contribution in [2.24, 2.45) is 5.41 Å². The summed E-state index contributed by atoms with van der Waals surface area (Å²) in [6.45, 7) is 15.0. The first-order valence-corrected chi connectivity index (χ1v) is 11.8. The van der Waals surface area contributed by atoms with E-state index >= 15 is 0 Å². The topological polar surface area (TPSA) is 47.8 Å². The highest BCUT2D eigenvalue weighted by atomic mass is 35.5. The molecule has 1 aliphatic rings. The number of carbonyl (C=O) groups is 1. The molecule has 0 spiro atoms. The van der Waals surface area contributed by atoms with E-state index in [4.69, 9.17) is 0 Å². The van der Waals surface area contributed by atoms with Crippen LogP contribution in [0.4, 0.5) is 0 Å². The van der Waals surface area contributed by atoms with Crippen molar-refractivity contribution >= 4 is 18.2 Å². The summed E-state index contributed by atoms with van der Waals surface area (Å²) in [4.78, 5) is 13.0. The highest BCUT2D eigenvalue weighted by molar-refractivity contribution is 5.85. The molecule has 0 saturated heterocycles. The zero-order valence-electron chi connectivity index (χ0n) is 20.5. The van der Waals surface area contributed by atoms with E-state index in [9.17, 15) is 4.79 Å². The van der Waals surface area contributed by atoms with Gasteiger partial charge in [-0.3, -0.25) is 4.79 Å². The zero-order valence-corrected chi connectivity index (χ0v) is 21.3. The second-order valence-corrected chi connectivity index (χ2v) is 10.6. The number of aryl methyl sites for hydroxylation is 3. The van der Waals surface area contributed by atoms with E-state index in [1.807, 2.05) is 6.08 Å². The van der Waals surface area contributed by atoms with Crippen molar-refractivity contribution in [3.8, 4) is 0 Å². The first-order valence-electron chi connectivity index (χ1n) is 11.8. The normalized spacial score (nSPS) is 14.7. The van der Waals surface area contributed by atoms with Crippen LogP contribution in [0.1, 0.15) is 99.6 Å². The summed E-state index contributed by atoms with van der Waals surface area (Å²) >= 11 is 0.